The van der Waals surface area contributed by atoms with E-state index in [1.165, 1.54) is 6.92 Å². The van der Waals surface area contributed by atoms with Crippen molar-refractivity contribution >= 4 is 27.7 Å². The average molecular weight is 346 g/mol. The minimum atomic E-state index is -0.126. The Bertz CT molecular complexity index is 1260. The third-order valence-electron chi connectivity index (χ3n) is 4.62. The Balaban J connectivity index is 2.07. The van der Waals surface area contributed by atoms with Gasteiger partial charge in [0.15, 0.2) is 11.2 Å². The molecule has 0 spiro atoms. The second kappa shape index (κ2) is 5.66. The van der Waals surface area contributed by atoms with Gasteiger partial charge in [0.25, 0.3) is 0 Å². The van der Waals surface area contributed by atoms with Gasteiger partial charge in [-0.25, -0.2) is 0 Å². The molecule has 4 rings (SSSR count). The number of aromatic nitrogens is 2. The Labute approximate surface area is 149 Å². The predicted molar refractivity (Wildman–Crippen MR) is 102 cm³/mol. The van der Waals surface area contributed by atoms with Gasteiger partial charge in [-0.05, 0) is 56.7 Å². The molecule has 2 aromatic carbocycles. The quantitative estimate of drug-likeness (QED) is 0.511. The highest BCUT2D eigenvalue weighted by Gasteiger charge is 2.18. The van der Waals surface area contributed by atoms with E-state index in [4.69, 9.17) is 4.42 Å². The van der Waals surface area contributed by atoms with Gasteiger partial charge < -0.3 is 4.42 Å². The Morgan fingerprint density at radius 3 is 2.65 bits per heavy atom. The first kappa shape index (κ1) is 16.3. The van der Waals surface area contributed by atoms with E-state index < -0.39 is 0 Å². The van der Waals surface area contributed by atoms with Crippen LogP contribution in [-0.4, -0.2) is 15.6 Å². The van der Waals surface area contributed by atoms with Crippen molar-refractivity contribution in [1.29, 1.82) is 0 Å². The molecule has 2 heterocycles. The molecular formula is C21H18N2O3. The van der Waals surface area contributed by atoms with Gasteiger partial charge in [0.1, 0.15) is 11.3 Å². The number of carbonyl (C=O) groups is 1. The average Bonchev–Trinajstić information content (AvgIpc) is 2.96. The van der Waals surface area contributed by atoms with Crippen LogP contribution in [-0.2, 0) is 7.05 Å². The van der Waals surface area contributed by atoms with Crippen LogP contribution in [0.2, 0.25) is 0 Å². The topological polar surface area (TPSA) is 65.1 Å². The van der Waals surface area contributed by atoms with Crippen molar-refractivity contribution in [3.63, 3.8) is 0 Å². The molecule has 2 aromatic heterocycles. The number of Topliss-reactive ketones (excluding diaryl/α,β-unsaturated/α-hetero) is 1. The van der Waals surface area contributed by atoms with Gasteiger partial charge in [0.2, 0.25) is 0 Å². The van der Waals surface area contributed by atoms with Crippen LogP contribution in [0, 0.1) is 13.8 Å². The second-order valence-electron chi connectivity index (χ2n) is 6.71. The molecule has 0 amide bonds. The summed E-state index contributed by atoms with van der Waals surface area (Å²) in [6.45, 7) is 5.10. The standard InChI is InChI=1S/C21H18N2O3/c1-11-7-16(13(3)24)21-17(8-11)19(25)12(2)20(26-21)14-5-6-18-15(9-14)10-23(4)22-18/h5-10H,1-4H3. The summed E-state index contributed by atoms with van der Waals surface area (Å²) in [5.41, 5.74) is 3.72. The first-order valence-electron chi connectivity index (χ1n) is 8.38. The summed E-state index contributed by atoms with van der Waals surface area (Å²) in [6, 6.07) is 9.26. The fourth-order valence-corrected chi connectivity index (χ4v) is 3.36. The lowest BCUT2D eigenvalue weighted by Crippen LogP contribution is -2.09. The molecule has 0 radical (unpaired) electrons. The summed E-state index contributed by atoms with van der Waals surface area (Å²) in [6.07, 6.45) is 1.91. The Kier molecular flexibility index (Phi) is 3.54. The molecule has 0 bridgehead atoms. The first-order chi connectivity index (χ1) is 12.3. The normalized spacial score (nSPS) is 11.4. The van der Waals surface area contributed by atoms with Gasteiger partial charge in [-0.15, -0.1) is 0 Å². The Morgan fingerprint density at radius 1 is 1.15 bits per heavy atom. The number of hydrogen-bond acceptors (Lipinski definition) is 4. The van der Waals surface area contributed by atoms with Gasteiger partial charge in [-0.1, -0.05) is 0 Å². The lowest BCUT2D eigenvalue weighted by Gasteiger charge is -2.10. The zero-order valence-electron chi connectivity index (χ0n) is 15.1. The molecule has 0 saturated heterocycles. The Morgan fingerprint density at radius 2 is 1.92 bits per heavy atom. The van der Waals surface area contributed by atoms with E-state index in [9.17, 15) is 9.59 Å². The van der Waals surface area contributed by atoms with Gasteiger partial charge >= 0.3 is 0 Å². The van der Waals surface area contributed by atoms with Crippen LogP contribution in [0.5, 0.6) is 0 Å². The molecule has 5 heteroatoms. The third-order valence-corrected chi connectivity index (χ3v) is 4.62. The molecule has 5 nitrogen and oxygen atoms in total. The summed E-state index contributed by atoms with van der Waals surface area (Å²) in [4.78, 5) is 25.0. The van der Waals surface area contributed by atoms with Gasteiger partial charge in [0, 0.05) is 29.8 Å². The summed E-state index contributed by atoms with van der Waals surface area (Å²) < 4.78 is 7.86. The fourth-order valence-electron chi connectivity index (χ4n) is 3.36. The van der Waals surface area contributed by atoms with Gasteiger partial charge in [0.05, 0.1) is 16.5 Å². The van der Waals surface area contributed by atoms with Crippen molar-refractivity contribution in [2.45, 2.75) is 20.8 Å². The highest BCUT2D eigenvalue weighted by atomic mass is 16.3. The van der Waals surface area contributed by atoms with E-state index in [2.05, 4.69) is 5.10 Å². The van der Waals surface area contributed by atoms with Crippen molar-refractivity contribution in [1.82, 2.24) is 9.78 Å². The largest absolute Gasteiger partial charge is 0.455 e. The molecular weight excluding hydrogens is 328 g/mol. The van der Waals surface area contributed by atoms with Gasteiger partial charge in [-0.2, -0.15) is 5.10 Å². The predicted octanol–water partition coefficient (Wildman–Crippen LogP) is 4.17. The monoisotopic (exact) mass is 346 g/mol. The third kappa shape index (κ3) is 2.44. The number of hydrogen-bond donors (Lipinski definition) is 0. The van der Waals surface area contributed by atoms with Crippen LogP contribution in [0.4, 0.5) is 0 Å². The molecule has 0 aliphatic carbocycles. The van der Waals surface area contributed by atoms with E-state index in [0.29, 0.717) is 27.9 Å². The lowest BCUT2D eigenvalue weighted by molar-refractivity contribution is 0.101. The smallest absolute Gasteiger partial charge is 0.196 e. The Hall–Kier alpha value is -3.21. The number of fused-ring (bicyclic) bond motifs is 2. The van der Waals surface area contributed by atoms with Crippen LogP contribution in [0.15, 0.2) is 45.7 Å². The molecule has 0 N–H and O–H groups in total. The molecule has 0 atom stereocenters. The number of carbonyl (C=O) groups excluding carboxylic acids is 1. The zero-order chi connectivity index (χ0) is 18.6. The summed E-state index contributed by atoms with van der Waals surface area (Å²) >= 11 is 0. The number of rotatable bonds is 2. The van der Waals surface area contributed by atoms with Crippen LogP contribution < -0.4 is 5.43 Å². The minimum Gasteiger partial charge on any atom is -0.455 e. The zero-order valence-corrected chi connectivity index (χ0v) is 15.1. The van der Waals surface area contributed by atoms with Crippen LogP contribution >= 0.6 is 0 Å². The summed E-state index contributed by atoms with van der Waals surface area (Å²) in [5, 5.41) is 5.77. The number of nitrogens with zero attached hydrogens (tertiary/aromatic N) is 2. The minimum absolute atomic E-state index is 0.112. The molecule has 0 fully saturated rings. The van der Waals surface area contributed by atoms with Crippen molar-refractivity contribution in [3.8, 4) is 11.3 Å². The van der Waals surface area contributed by atoms with E-state index in [0.717, 1.165) is 22.0 Å². The van der Waals surface area contributed by atoms with Crippen molar-refractivity contribution in [2.24, 2.45) is 7.05 Å². The van der Waals surface area contributed by atoms with Crippen molar-refractivity contribution in [3.05, 3.63) is 63.4 Å². The summed E-state index contributed by atoms with van der Waals surface area (Å²) in [7, 11) is 1.86. The number of aryl methyl sites for hydroxylation is 2. The van der Waals surface area contributed by atoms with Crippen molar-refractivity contribution in [2.75, 3.05) is 0 Å². The van der Waals surface area contributed by atoms with Crippen LogP contribution in [0.3, 0.4) is 0 Å². The molecule has 130 valence electrons. The first-order valence-corrected chi connectivity index (χ1v) is 8.38. The van der Waals surface area contributed by atoms with Crippen LogP contribution in [0.25, 0.3) is 33.2 Å². The van der Waals surface area contributed by atoms with Gasteiger partial charge in [-0.3, -0.25) is 14.3 Å². The molecule has 26 heavy (non-hydrogen) atoms. The molecule has 4 aromatic rings. The van der Waals surface area contributed by atoms with E-state index >= 15 is 0 Å². The van der Waals surface area contributed by atoms with Crippen molar-refractivity contribution < 1.29 is 9.21 Å². The molecule has 0 aliphatic rings. The maximum atomic E-state index is 12.9. The highest BCUT2D eigenvalue weighted by Crippen LogP contribution is 2.30. The van der Waals surface area contributed by atoms with E-state index in [-0.39, 0.29) is 11.2 Å². The SMILES string of the molecule is CC(=O)c1cc(C)cc2c(=O)c(C)c(-c3ccc4nn(C)cc4c3)oc12. The van der Waals surface area contributed by atoms with E-state index in [1.807, 2.05) is 38.4 Å². The fraction of sp³-hybridized carbons (Fsp3) is 0.190. The second-order valence-corrected chi connectivity index (χ2v) is 6.71. The highest BCUT2D eigenvalue weighted by molar-refractivity contribution is 6.05. The molecule has 0 unspecified atom stereocenters. The maximum Gasteiger partial charge on any atom is 0.196 e. The number of benzene rings is 2. The van der Waals surface area contributed by atoms with E-state index in [1.54, 1.807) is 23.7 Å². The summed E-state index contributed by atoms with van der Waals surface area (Å²) in [5.74, 6) is 0.360. The number of ketones is 1. The molecule has 0 saturated carbocycles. The molecule has 0 aliphatic heterocycles. The lowest BCUT2D eigenvalue weighted by atomic mass is 10.0. The van der Waals surface area contributed by atoms with Crippen LogP contribution in [0.1, 0.15) is 28.4 Å². The maximum absolute atomic E-state index is 12.9.